The molecule has 0 radical (unpaired) electrons. The number of nitrogens with one attached hydrogen (secondary N) is 1. The Morgan fingerprint density at radius 2 is 1.84 bits per heavy atom. The molecule has 0 spiro atoms. The molecule has 0 saturated carbocycles. The van der Waals surface area contributed by atoms with Crippen LogP contribution in [0.25, 0.3) is 22.5 Å². The van der Waals surface area contributed by atoms with Crippen molar-refractivity contribution in [3.05, 3.63) is 70.7 Å². The molecule has 0 saturated heterocycles. The van der Waals surface area contributed by atoms with Gasteiger partial charge in [-0.15, -0.1) is 10.2 Å². The first-order valence-electron chi connectivity index (χ1n) is 10.5. The Morgan fingerprint density at radius 3 is 2.45 bits per heavy atom. The lowest BCUT2D eigenvalue weighted by Gasteiger charge is -2.19. The third-order valence-corrected chi connectivity index (χ3v) is 5.26. The van der Waals surface area contributed by atoms with Gasteiger partial charge in [0.2, 0.25) is 5.82 Å². The van der Waals surface area contributed by atoms with Crippen molar-refractivity contribution in [1.29, 1.82) is 0 Å². The molecule has 8 heteroatoms. The molecule has 160 valence electrons. The minimum atomic E-state index is -0.263. The van der Waals surface area contributed by atoms with Crippen LogP contribution < -0.4 is 5.69 Å². The molecule has 3 aromatic heterocycles. The molecule has 0 aliphatic rings. The first-order chi connectivity index (χ1) is 14.9. The second kappa shape index (κ2) is 8.29. The first kappa shape index (κ1) is 20.7. The molecule has 1 N–H and O–H groups in total. The fourth-order valence-corrected chi connectivity index (χ4v) is 3.68. The monoisotopic (exact) mass is 417 g/mol. The third kappa shape index (κ3) is 4.19. The highest BCUT2D eigenvalue weighted by Crippen LogP contribution is 2.29. The third-order valence-electron chi connectivity index (χ3n) is 5.26. The Morgan fingerprint density at radius 1 is 1.06 bits per heavy atom. The lowest BCUT2D eigenvalue weighted by Crippen LogP contribution is -2.34. The van der Waals surface area contributed by atoms with Gasteiger partial charge in [-0.05, 0) is 44.0 Å². The largest absolute Gasteiger partial charge is 0.329 e. The highest BCUT2D eigenvalue weighted by molar-refractivity contribution is 5.79. The number of imidazole rings is 1. The summed E-state index contributed by atoms with van der Waals surface area (Å²) in [5, 5.41) is 14.3. The molecule has 0 bridgehead atoms. The van der Waals surface area contributed by atoms with E-state index in [1.807, 2.05) is 78.7 Å². The summed E-state index contributed by atoms with van der Waals surface area (Å²) in [6.45, 7) is 8.70. The summed E-state index contributed by atoms with van der Waals surface area (Å²) in [5.74, 6) is 0.541. The number of pyridine rings is 1. The summed E-state index contributed by atoms with van der Waals surface area (Å²) < 4.78 is 3.65. The smallest absolute Gasteiger partial charge is 0.294 e. The van der Waals surface area contributed by atoms with E-state index in [4.69, 9.17) is 0 Å². The summed E-state index contributed by atoms with van der Waals surface area (Å²) in [4.78, 5) is 17.7. The highest BCUT2D eigenvalue weighted by atomic mass is 16.1. The molecule has 1 aromatic carbocycles. The lowest BCUT2D eigenvalue weighted by atomic mass is 10.0. The van der Waals surface area contributed by atoms with E-state index in [-0.39, 0.29) is 11.2 Å². The Balaban J connectivity index is 1.66. The number of aryl methyl sites for hydroxylation is 1. The number of benzene rings is 1. The molecule has 8 nitrogen and oxygen atoms in total. The van der Waals surface area contributed by atoms with E-state index in [2.05, 4.69) is 32.5 Å². The fourth-order valence-electron chi connectivity index (χ4n) is 3.68. The normalized spacial score (nSPS) is 11.7. The van der Waals surface area contributed by atoms with Crippen molar-refractivity contribution in [2.45, 2.75) is 52.6 Å². The second-order valence-electron chi connectivity index (χ2n) is 8.60. The van der Waals surface area contributed by atoms with Crippen molar-refractivity contribution in [2.75, 3.05) is 0 Å². The minimum Gasteiger partial charge on any atom is -0.294 e. The van der Waals surface area contributed by atoms with Gasteiger partial charge in [0.05, 0.1) is 12.2 Å². The standard InChI is InChI=1S/C23H27N7O/c1-5-8-18-15-30(23(2,3)4)22(31)29(18)14-17-12-11-16(13-24-17)19-9-6-7-10-20(19)21-25-27-28-26-21/h6-7,9-13,15H,5,8,14H2,1-4H3,(H,25,26,27,28). The Bertz CT molecular complexity index is 1210. The van der Waals surface area contributed by atoms with Gasteiger partial charge in [0.1, 0.15) is 0 Å². The van der Waals surface area contributed by atoms with Crippen LogP contribution in [-0.4, -0.2) is 34.7 Å². The number of tetrazole rings is 1. The molecule has 0 aliphatic heterocycles. The Labute approximate surface area is 181 Å². The topological polar surface area (TPSA) is 94.3 Å². The zero-order valence-electron chi connectivity index (χ0n) is 18.3. The van der Waals surface area contributed by atoms with Gasteiger partial charge < -0.3 is 0 Å². The molecule has 31 heavy (non-hydrogen) atoms. The quantitative estimate of drug-likeness (QED) is 0.517. The van der Waals surface area contributed by atoms with Gasteiger partial charge in [0, 0.05) is 34.8 Å². The summed E-state index contributed by atoms with van der Waals surface area (Å²) in [6, 6.07) is 11.9. The lowest BCUT2D eigenvalue weighted by molar-refractivity contribution is 0.380. The highest BCUT2D eigenvalue weighted by Gasteiger charge is 2.20. The maximum absolute atomic E-state index is 13.1. The predicted octanol–water partition coefficient (Wildman–Crippen LogP) is 3.65. The molecule has 0 aliphatic carbocycles. The van der Waals surface area contributed by atoms with Gasteiger partial charge in [-0.3, -0.25) is 14.1 Å². The van der Waals surface area contributed by atoms with Crippen LogP contribution in [0, 0.1) is 0 Å². The van der Waals surface area contributed by atoms with Crippen molar-refractivity contribution in [1.82, 2.24) is 34.7 Å². The zero-order valence-corrected chi connectivity index (χ0v) is 18.3. The number of hydrogen-bond donors (Lipinski definition) is 1. The van der Waals surface area contributed by atoms with E-state index in [1.54, 1.807) is 0 Å². The van der Waals surface area contributed by atoms with E-state index >= 15 is 0 Å². The van der Waals surface area contributed by atoms with E-state index in [0.29, 0.717) is 12.4 Å². The van der Waals surface area contributed by atoms with Gasteiger partial charge in [-0.25, -0.2) is 4.79 Å². The summed E-state index contributed by atoms with van der Waals surface area (Å²) in [5.41, 5.74) is 4.44. The van der Waals surface area contributed by atoms with E-state index in [9.17, 15) is 4.79 Å². The van der Waals surface area contributed by atoms with Crippen LogP contribution in [0.15, 0.2) is 53.6 Å². The SMILES string of the molecule is CCCc1cn(C(C)(C)C)c(=O)n1Cc1ccc(-c2ccccc2-c2nn[nH]n2)cn1. The van der Waals surface area contributed by atoms with E-state index < -0.39 is 0 Å². The van der Waals surface area contributed by atoms with Gasteiger partial charge in [0.25, 0.3) is 0 Å². The first-order valence-corrected chi connectivity index (χ1v) is 10.5. The van der Waals surface area contributed by atoms with Gasteiger partial charge in [-0.1, -0.05) is 43.7 Å². The number of aromatic nitrogens is 7. The molecule has 0 amide bonds. The van der Waals surface area contributed by atoms with Crippen LogP contribution >= 0.6 is 0 Å². The molecule has 0 unspecified atom stereocenters. The number of nitrogens with zero attached hydrogens (tertiary/aromatic N) is 6. The van der Waals surface area contributed by atoms with Gasteiger partial charge in [0.15, 0.2) is 0 Å². The van der Waals surface area contributed by atoms with Gasteiger partial charge in [-0.2, -0.15) is 5.21 Å². The average Bonchev–Trinajstić information content (AvgIpc) is 3.39. The molecule has 4 aromatic rings. The van der Waals surface area contributed by atoms with Crippen molar-refractivity contribution in [3.63, 3.8) is 0 Å². The minimum absolute atomic E-state index is 0.00396. The van der Waals surface area contributed by atoms with E-state index in [0.717, 1.165) is 40.9 Å². The van der Waals surface area contributed by atoms with Crippen molar-refractivity contribution in [2.24, 2.45) is 0 Å². The van der Waals surface area contributed by atoms with Crippen LogP contribution in [0.1, 0.15) is 45.5 Å². The number of aromatic amines is 1. The number of rotatable bonds is 6. The zero-order chi connectivity index (χ0) is 22.0. The van der Waals surface area contributed by atoms with Crippen LogP contribution in [0.2, 0.25) is 0 Å². The maximum atomic E-state index is 13.1. The number of hydrogen-bond acceptors (Lipinski definition) is 5. The van der Waals surface area contributed by atoms with Crippen LogP contribution in [-0.2, 0) is 18.5 Å². The van der Waals surface area contributed by atoms with Crippen molar-refractivity contribution in [3.8, 4) is 22.5 Å². The summed E-state index contributed by atoms with van der Waals surface area (Å²) in [6.07, 6.45) is 5.65. The Hall–Kier alpha value is -3.55. The summed E-state index contributed by atoms with van der Waals surface area (Å²) >= 11 is 0. The average molecular weight is 418 g/mol. The fraction of sp³-hybridized carbons (Fsp3) is 0.348. The van der Waals surface area contributed by atoms with Crippen molar-refractivity contribution < 1.29 is 0 Å². The second-order valence-corrected chi connectivity index (χ2v) is 8.60. The van der Waals surface area contributed by atoms with Gasteiger partial charge >= 0.3 is 5.69 Å². The van der Waals surface area contributed by atoms with Crippen molar-refractivity contribution >= 4 is 0 Å². The number of H-pyrrole nitrogens is 1. The van der Waals surface area contributed by atoms with Crippen LogP contribution in [0.3, 0.4) is 0 Å². The molecule has 3 heterocycles. The molecule has 0 atom stereocenters. The molecule has 0 fully saturated rings. The maximum Gasteiger partial charge on any atom is 0.329 e. The molecular formula is C23H27N7O. The summed E-state index contributed by atoms with van der Waals surface area (Å²) in [7, 11) is 0. The van der Waals surface area contributed by atoms with Crippen LogP contribution in [0.4, 0.5) is 0 Å². The molecular weight excluding hydrogens is 390 g/mol. The Kier molecular flexibility index (Phi) is 5.54. The van der Waals surface area contributed by atoms with E-state index in [1.165, 1.54) is 0 Å². The molecule has 4 rings (SSSR count). The van der Waals surface area contributed by atoms with Crippen LogP contribution in [0.5, 0.6) is 0 Å². The predicted molar refractivity (Wildman–Crippen MR) is 120 cm³/mol.